The number of furan rings is 1. The molecule has 1 saturated heterocycles. The number of ether oxygens (including phenoxy) is 1. The van der Waals surface area contributed by atoms with E-state index >= 15 is 0 Å². The van der Waals surface area contributed by atoms with E-state index < -0.39 is 12.8 Å². The van der Waals surface area contributed by atoms with Gasteiger partial charge in [0.2, 0.25) is 11.9 Å². The topological polar surface area (TPSA) is 76.3 Å². The fourth-order valence-electron chi connectivity index (χ4n) is 3.81. The van der Waals surface area contributed by atoms with Crippen LogP contribution in [0.4, 0.5) is 25.1 Å². The van der Waals surface area contributed by atoms with Crippen LogP contribution in [0.5, 0.6) is 6.01 Å². The Hall–Kier alpha value is -3.30. The summed E-state index contributed by atoms with van der Waals surface area (Å²) in [7, 11) is 0. The van der Waals surface area contributed by atoms with E-state index in [-0.39, 0.29) is 18.5 Å². The van der Waals surface area contributed by atoms with Crippen LogP contribution in [0.25, 0.3) is 0 Å². The van der Waals surface area contributed by atoms with Crippen molar-refractivity contribution in [1.82, 2.24) is 15.0 Å². The molecule has 1 aromatic carbocycles. The van der Waals surface area contributed by atoms with Crippen LogP contribution >= 0.6 is 0 Å². The molecule has 0 atom stereocenters. The van der Waals surface area contributed by atoms with Crippen molar-refractivity contribution in [2.24, 2.45) is 5.92 Å². The van der Waals surface area contributed by atoms with Crippen molar-refractivity contribution in [3.63, 3.8) is 0 Å². The number of hydrogen-bond donors (Lipinski definition) is 1. The second kappa shape index (κ2) is 10.1. The number of aromatic nitrogens is 3. The molecule has 7 nitrogen and oxygen atoms in total. The Balaban J connectivity index is 1.43. The average molecular weight is 461 g/mol. The number of halogens is 3. The van der Waals surface area contributed by atoms with Crippen molar-refractivity contribution >= 4 is 11.9 Å². The minimum absolute atomic E-state index is 0.137. The van der Waals surface area contributed by atoms with Gasteiger partial charge in [-0.05, 0) is 49.8 Å². The second-order valence-corrected chi connectivity index (χ2v) is 8.13. The molecule has 3 heterocycles. The Kier molecular flexibility index (Phi) is 7.00. The van der Waals surface area contributed by atoms with Gasteiger partial charge in [0.1, 0.15) is 11.5 Å². The number of piperidine rings is 1. The highest BCUT2D eigenvalue weighted by Gasteiger charge is 2.30. The average Bonchev–Trinajstić information content (AvgIpc) is 3.22. The van der Waals surface area contributed by atoms with E-state index in [0.29, 0.717) is 30.7 Å². The van der Waals surface area contributed by atoms with E-state index in [1.54, 1.807) is 0 Å². The lowest BCUT2D eigenvalue weighted by Gasteiger charge is -2.32. The summed E-state index contributed by atoms with van der Waals surface area (Å²) in [4.78, 5) is 14.5. The maximum Gasteiger partial charge on any atom is 0.422 e. The summed E-state index contributed by atoms with van der Waals surface area (Å²) in [6.45, 7) is 2.06. The summed E-state index contributed by atoms with van der Waals surface area (Å²) in [5, 5.41) is 2.99. The lowest BCUT2D eigenvalue weighted by molar-refractivity contribution is -0.154. The van der Waals surface area contributed by atoms with E-state index in [2.05, 4.69) is 32.4 Å². The van der Waals surface area contributed by atoms with Gasteiger partial charge in [0.05, 0.1) is 6.54 Å². The van der Waals surface area contributed by atoms with Crippen LogP contribution < -0.4 is 15.0 Å². The fourth-order valence-corrected chi connectivity index (χ4v) is 3.81. The number of alkyl halides is 3. The number of nitrogens with zero attached hydrogens (tertiary/aromatic N) is 4. The minimum atomic E-state index is -4.48. The van der Waals surface area contributed by atoms with Gasteiger partial charge in [0, 0.05) is 13.1 Å². The first-order valence-corrected chi connectivity index (χ1v) is 10.9. The smallest absolute Gasteiger partial charge is 0.422 e. The van der Waals surface area contributed by atoms with E-state index in [1.807, 2.05) is 42.2 Å². The lowest BCUT2D eigenvalue weighted by Crippen LogP contribution is -2.35. The Morgan fingerprint density at radius 2 is 1.82 bits per heavy atom. The molecule has 4 rings (SSSR count). The third kappa shape index (κ3) is 6.84. The third-order valence-corrected chi connectivity index (χ3v) is 5.45. The van der Waals surface area contributed by atoms with E-state index in [0.717, 1.165) is 25.0 Å². The first-order valence-electron chi connectivity index (χ1n) is 10.9. The summed E-state index contributed by atoms with van der Waals surface area (Å²) < 4.78 is 48.3. The molecular weight excluding hydrogens is 435 g/mol. The minimum Gasteiger partial charge on any atom is -0.465 e. The molecule has 0 spiro atoms. The summed E-state index contributed by atoms with van der Waals surface area (Å²) in [5.41, 5.74) is 1.30. The molecule has 0 saturated carbocycles. The van der Waals surface area contributed by atoms with Crippen LogP contribution in [0.1, 0.15) is 29.9 Å². The van der Waals surface area contributed by atoms with Gasteiger partial charge in [-0.15, -0.1) is 0 Å². The Morgan fingerprint density at radius 3 is 2.48 bits per heavy atom. The van der Waals surface area contributed by atoms with Crippen LogP contribution in [-0.4, -0.2) is 40.8 Å². The van der Waals surface area contributed by atoms with Crippen molar-refractivity contribution in [3.05, 3.63) is 59.5 Å². The van der Waals surface area contributed by atoms with E-state index in [9.17, 15) is 13.2 Å². The molecule has 33 heavy (non-hydrogen) atoms. The van der Waals surface area contributed by atoms with Gasteiger partial charge in [0.25, 0.3) is 0 Å². The lowest BCUT2D eigenvalue weighted by atomic mass is 9.90. The normalized spacial score (nSPS) is 15.0. The molecule has 0 amide bonds. The molecule has 2 aromatic heterocycles. The molecule has 1 fully saturated rings. The van der Waals surface area contributed by atoms with Gasteiger partial charge < -0.3 is 19.4 Å². The molecule has 0 aliphatic carbocycles. The molecule has 0 radical (unpaired) electrons. The molecule has 1 N–H and O–H groups in total. The van der Waals surface area contributed by atoms with Crippen LogP contribution in [0.2, 0.25) is 0 Å². The Bertz CT molecular complexity index is 1030. The Labute approximate surface area is 190 Å². The quantitative estimate of drug-likeness (QED) is 0.517. The second-order valence-electron chi connectivity index (χ2n) is 8.13. The molecule has 0 unspecified atom stereocenters. The first-order chi connectivity index (χ1) is 15.8. The monoisotopic (exact) mass is 461 g/mol. The summed E-state index contributed by atoms with van der Waals surface area (Å²) >= 11 is 0. The van der Waals surface area contributed by atoms with Gasteiger partial charge in [-0.1, -0.05) is 30.3 Å². The SMILES string of the molecule is Cc1ccc(CNc2nc(OCC(F)(F)F)nc(N3CCC(Cc4ccccc4)CC3)n2)o1. The zero-order valence-electron chi connectivity index (χ0n) is 18.3. The number of aryl methyl sites for hydroxylation is 1. The molecule has 1 aliphatic rings. The summed E-state index contributed by atoms with van der Waals surface area (Å²) in [5.74, 6) is 2.40. The highest BCUT2D eigenvalue weighted by atomic mass is 19.4. The van der Waals surface area contributed by atoms with Crippen molar-refractivity contribution in [2.45, 2.75) is 38.9 Å². The predicted molar refractivity (Wildman–Crippen MR) is 117 cm³/mol. The maximum atomic E-state index is 12.7. The number of hydrogen-bond acceptors (Lipinski definition) is 7. The van der Waals surface area contributed by atoms with Gasteiger partial charge in [0.15, 0.2) is 6.61 Å². The summed E-state index contributed by atoms with van der Waals surface area (Å²) in [6.07, 6.45) is -1.61. The van der Waals surface area contributed by atoms with Crippen LogP contribution in [0.15, 0.2) is 46.9 Å². The van der Waals surface area contributed by atoms with Crippen LogP contribution in [-0.2, 0) is 13.0 Å². The first kappa shape index (κ1) is 22.9. The van der Waals surface area contributed by atoms with E-state index in [4.69, 9.17) is 9.15 Å². The maximum absolute atomic E-state index is 12.7. The van der Waals surface area contributed by atoms with E-state index in [1.165, 1.54) is 5.56 Å². The zero-order chi connectivity index (χ0) is 23.3. The number of nitrogens with one attached hydrogen (secondary N) is 1. The van der Waals surface area contributed by atoms with Gasteiger partial charge in [-0.25, -0.2) is 0 Å². The number of anilines is 2. The molecule has 10 heteroatoms. The predicted octanol–water partition coefficient (Wildman–Crippen LogP) is 4.79. The molecule has 176 valence electrons. The van der Waals surface area contributed by atoms with Crippen molar-refractivity contribution in [2.75, 3.05) is 29.9 Å². The standard InChI is InChI=1S/C23H26F3N5O2/c1-16-7-8-19(33-16)14-27-20-28-21(30-22(29-20)32-15-23(24,25)26)31-11-9-18(10-12-31)13-17-5-3-2-4-6-17/h2-8,18H,9-15H2,1H3,(H,27,28,29,30). The molecule has 3 aromatic rings. The third-order valence-electron chi connectivity index (χ3n) is 5.45. The van der Waals surface area contributed by atoms with Gasteiger partial charge in [-0.2, -0.15) is 28.1 Å². The van der Waals surface area contributed by atoms with Gasteiger partial charge >= 0.3 is 12.2 Å². The molecular formula is C23H26F3N5O2. The van der Waals surface area contributed by atoms with Crippen molar-refractivity contribution in [1.29, 1.82) is 0 Å². The highest BCUT2D eigenvalue weighted by Crippen LogP contribution is 2.26. The Morgan fingerprint density at radius 1 is 1.06 bits per heavy atom. The highest BCUT2D eigenvalue weighted by molar-refractivity contribution is 5.39. The van der Waals surface area contributed by atoms with Crippen LogP contribution in [0.3, 0.4) is 0 Å². The largest absolute Gasteiger partial charge is 0.465 e. The van der Waals surface area contributed by atoms with Crippen molar-refractivity contribution < 1.29 is 22.3 Å². The van der Waals surface area contributed by atoms with Crippen molar-refractivity contribution in [3.8, 4) is 6.01 Å². The number of benzene rings is 1. The molecule has 1 aliphatic heterocycles. The number of rotatable bonds is 8. The zero-order valence-corrected chi connectivity index (χ0v) is 18.3. The van der Waals surface area contributed by atoms with Crippen LogP contribution in [0, 0.1) is 12.8 Å². The van der Waals surface area contributed by atoms with Gasteiger partial charge in [-0.3, -0.25) is 0 Å². The fraction of sp³-hybridized carbons (Fsp3) is 0.435. The summed E-state index contributed by atoms with van der Waals surface area (Å²) in [6, 6.07) is 13.6. The molecule has 0 bridgehead atoms.